The fraction of sp³-hybridized carbons (Fsp3) is 0.333. The molecular weight excluding hydrogens is 370 g/mol. The molecule has 0 aliphatic carbocycles. The minimum absolute atomic E-state index is 0.155. The Balaban J connectivity index is 1.84. The number of carbonyl (C=O) groups excluding carboxylic acids is 3. The van der Waals surface area contributed by atoms with Crippen molar-refractivity contribution in [1.29, 1.82) is 0 Å². The van der Waals surface area contributed by atoms with Gasteiger partial charge in [0.25, 0.3) is 0 Å². The summed E-state index contributed by atoms with van der Waals surface area (Å²) in [5.74, 6) is -2.05. The zero-order valence-corrected chi connectivity index (χ0v) is 16.6. The Morgan fingerprint density at radius 1 is 1.14 bits per heavy atom. The summed E-state index contributed by atoms with van der Waals surface area (Å²) in [6.45, 7) is 2.48. The molecule has 2 heterocycles. The number of nitrogens with two attached hydrogens (primary N) is 1. The summed E-state index contributed by atoms with van der Waals surface area (Å²) < 4.78 is 0. The monoisotopic (exact) mass is 395 g/mol. The van der Waals surface area contributed by atoms with Crippen molar-refractivity contribution in [3.63, 3.8) is 0 Å². The van der Waals surface area contributed by atoms with E-state index in [9.17, 15) is 14.4 Å². The van der Waals surface area contributed by atoms with Crippen LogP contribution >= 0.6 is 0 Å². The molecule has 1 saturated heterocycles. The van der Waals surface area contributed by atoms with E-state index in [0.717, 1.165) is 30.5 Å². The van der Waals surface area contributed by atoms with Gasteiger partial charge in [0.2, 0.25) is 5.91 Å². The number of pyridine rings is 1. The molecule has 2 aromatic rings. The highest BCUT2D eigenvalue weighted by molar-refractivity contribution is 6.39. The van der Waals surface area contributed by atoms with Crippen LogP contribution in [0.15, 0.2) is 42.7 Å². The van der Waals surface area contributed by atoms with Gasteiger partial charge in [-0.3, -0.25) is 19.4 Å². The molecule has 1 aliphatic rings. The Kier molecular flexibility index (Phi) is 5.81. The molecule has 1 aromatic carbocycles. The number of likely N-dealkylation sites (tertiary alicyclic amines) is 1. The lowest BCUT2D eigenvalue weighted by Crippen LogP contribution is -2.53. The number of hydrogen-bond acceptors (Lipinski definition) is 5. The predicted molar refractivity (Wildman–Crippen MR) is 110 cm³/mol. The average molecular weight is 395 g/mol. The van der Waals surface area contributed by atoms with Crippen molar-refractivity contribution in [2.24, 2.45) is 5.73 Å². The van der Waals surface area contributed by atoms with Gasteiger partial charge in [-0.2, -0.15) is 0 Å². The lowest BCUT2D eigenvalue weighted by molar-refractivity contribution is -0.149. The van der Waals surface area contributed by atoms with Crippen LogP contribution in [-0.2, 0) is 15.1 Å². The van der Waals surface area contributed by atoms with Crippen LogP contribution in [0.3, 0.4) is 0 Å². The van der Waals surface area contributed by atoms with Crippen LogP contribution in [0.5, 0.6) is 0 Å². The van der Waals surface area contributed by atoms with Gasteiger partial charge in [0.15, 0.2) is 0 Å². The van der Waals surface area contributed by atoms with E-state index in [2.05, 4.69) is 15.6 Å². The maximum atomic E-state index is 13.1. The van der Waals surface area contributed by atoms with Gasteiger partial charge in [0.05, 0.1) is 23.0 Å². The van der Waals surface area contributed by atoms with Gasteiger partial charge in [-0.1, -0.05) is 12.1 Å². The summed E-state index contributed by atoms with van der Waals surface area (Å²) in [7, 11) is 1.84. The van der Waals surface area contributed by atoms with E-state index in [1.54, 1.807) is 4.90 Å². The molecule has 0 spiro atoms. The first-order valence-electron chi connectivity index (χ1n) is 9.51. The van der Waals surface area contributed by atoms with E-state index >= 15 is 0 Å². The fourth-order valence-corrected chi connectivity index (χ4v) is 3.71. The van der Waals surface area contributed by atoms with Gasteiger partial charge in [-0.15, -0.1) is 0 Å². The smallest absolute Gasteiger partial charge is 0.313 e. The maximum Gasteiger partial charge on any atom is 0.313 e. The van der Waals surface area contributed by atoms with Crippen LogP contribution < -0.4 is 16.4 Å². The summed E-state index contributed by atoms with van der Waals surface area (Å²) in [6.07, 6.45) is 5.23. The van der Waals surface area contributed by atoms with Crippen molar-refractivity contribution < 1.29 is 14.4 Å². The van der Waals surface area contributed by atoms with Gasteiger partial charge >= 0.3 is 11.8 Å². The van der Waals surface area contributed by atoms with E-state index in [-0.39, 0.29) is 11.3 Å². The normalized spacial score (nSPS) is 18.8. The average Bonchev–Trinajstić information content (AvgIpc) is 2.73. The molecule has 3 amide bonds. The molecule has 1 aliphatic heterocycles. The first-order chi connectivity index (χ1) is 13.8. The van der Waals surface area contributed by atoms with Crippen LogP contribution in [0.25, 0.3) is 0 Å². The molecule has 0 radical (unpaired) electrons. The standard InChI is InChI=1S/C21H25N5O3/c1-21(15-6-5-7-16(11-15)23-2)8-3-4-9-26(21)20(29)19(28)25-17-10-14(18(22)27)12-24-13-17/h5-7,10-13,23H,3-4,8-9H2,1-2H3,(H2,22,27)(H,25,28)/t21-/m0/s1. The summed E-state index contributed by atoms with van der Waals surface area (Å²) in [6, 6.07) is 9.26. The molecule has 3 rings (SSSR count). The van der Waals surface area contributed by atoms with Crippen molar-refractivity contribution in [3.8, 4) is 0 Å². The number of aromatic nitrogens is 1. The summed E-state index contributed by atoms with van der Waals surface area (Å²) in [5.41, 5.74) is 6.97. The highest BCUT2D eigenvalue weighted by atomic mass is 16.2. The van der Waals surface area contributed by atoms with E-state index in [0.29, 0.717) is 6.54 Å². The quantitative estimate of drug-likeness (QED) is 0.685. The number of primary amides is 1. The summed E-state index contributed by atoms with van der Waals surface area (Å²) in [5, 5.41) is 5.64. The molecule has 8 nitrogen and oxygen atoms in total. The third-order valence-electron chi connectivity index (χ3n) is 5.38. The second-order valence-electron chi connectivity index (χ2n) is 7.30. The first kappa shape index (κ1) is 20.3. The number of hydrogen-bond donors (Lipinski definition) is 3. The number of nitrogens with one attached hydrogen (secondary N) is 2. The van der Waals surface area contributed by atoms with E-state index in [1.165, 1.54) is 18.5 Å². The molecule has 0 saturated carbocycles. The van der Waals surface area contributed by atoms with Crippen LogP contribution in [0.4, 0.5) is 11.4 Å². The number of piperidine rings is 1. The molecule has 1 fully saturated rings. The highest BCUT2D eigenvalue weighted by Crippen LogP contribution is 2.38. The fourth-order valence-electron chi connectivity index (χ4n) is 3.71. The Hall–Kier alpha value is -3.42. The third kappa shape index (κ3) is 4.21. The van der Waals surface area contributed by atoms with Crippen molar-refractivity contribution in [2.75, 3.05) is 24.2 Å². The Bertz CT molecular complexity index is 945. The van der Waals surface area contributed by atoms with E-state index in [4.69, 9.17) is 5.73 Å². The molecule has 1 atom stereocenters. The van der Waals surface area contributed by atoms with Gasteiger partial charge in [0.1, 0.15) is 0 Å². The molecule has 0 unspecified atom stereocenters. The zero-order chi connectivity index (χ0) is 21.0. The number of nitrogens with zero attached hydrogens (tertiary/aromatic N) is 2. The Morgan fingerprint density at radius 3 is 2.66 bits per heavy atom. The number of benzene rings is 1. The van der Waals surface area contributed by atoms with Crippen LogP contribution in [-0.4, -0.2) is 41.2 Å². The summed E-state index contributed by atoms with van der Waals surface area (Å²) in [4.78, 5) is 42.5. The number of rotatable bonds is 4. The van der Waals surface area contributed by atoms with Crippen LogP contribution in [0.2, 0.25) is 0 Å². The maximum absolute atomic E-state index is 13.1. The minimum Gasteiger partial charge on any atom is -0.388 e. The topological polar surface area (TPSA) is 117 Å². The van der Waals surface area contributed by atoms with Crippen molar-refractivity contribution >= 4 is 29.1 Å². The van der Waals surface area contributed by atoms with Crippen LogP contribution in [0.1, 0.15) is 42.1 Å². The SMILES string of the molecule is CNc1cccc([C@]2(C)CCCCN2C(=O)C(=O)Nc2cncc(C(N)=O)c2)c1. The molecule has 4 N–H and O–H groups in total. The molecular formula is C21H25N5O3. The largest absolute Gasteiger partial charge is 0.388 e. The van der Waals surface area contributed by atoms with Gasteiger partial charge in [0, 0.05) is 25.5 Å². The molecule has 8 heteroatoms. The lowest BCUT2D eigenvalue weighted by Gasteiger charge is -2.45. The first-order valence-corrected chi connectivity index (χ1v) is 9.51. The van der Waals surface area contributed by atoms with E-state index < -0.39 is 23.3 Å². The lowest BCUT2D eigenvalue weighted by atomic mass is 9.81. The highest BCUT2D eigenvalue weighted by Gasteiger charge is 2.41. The predicted octanol–water partition coefficient (Wildman–Crippen LogP) is 2.09. The second kappa shape index (κ2) is 8.30. The second-order valence-corrected chi connectivity index (χ2v) is 7.30. The molecule has 152 valence electrons. The Labute approximate surface area is 169 Å². The summed E-state index contributed by atoms with van der Waals surface area (Å²) >= 11 is 0. The third-order valence-corrected chi connectivity index (χ3v) is 5.38. The molecule has 1 aromatic heterocycles. The van der Waals surface area contributed by atoms with Gasteiger partial charge in [-0.25, -0.2) is 0 Å². The Morgan fingerprint density at radius 2 is 1.93 bits per heavy atom. The van der Waals surface area contributed by atoms with E-state index in [1.807, 2.05) is 38.2 Å². The zero-order valence-electron chi connectivity index (χ0n) is 16.6. The molecule has 0 bridgehead atoms. The van der Waals surface area contributed by atoms with Gasteiger partial charge in [-0.05, 0) is 49.9 Å². The molecule has 29 heavy (non-hydrogen) atoms. The van der Waals surface area contributed by atoms with Crippen molar-refractivity contribution in [1.82, 2.24) is 9.88 Å². The van der Waals surface area contributed by atoms with Crippen molar-refractivity contribution in [3.05, 3.63) is 53.9 Å². The van der Waals surface area contributed by atoms with Crippen LogP contribution in [0, 0.1) is 0 Å². The minimum atomic E-state index is -0.772. The van der Waals surface area contributed by atoms with Crippen molar-refractivity contribution in [2.45, 2.75) is 31.7 Å². The number of amides is 3. The number of carbonyl (C=O) groups is 3. The van der Waals surface area contributed by atoms with Gasteiger partial charge < -0.3 is 21.3 Å². The number of anilines is 2.